The molecule has 0 aromatic heterocycles. The Labute approximate surface area is 118 Å². The van der Waals surface area contributed by atoms with Crippen LogP contribution in [0.25, 0.3) is 0 Å². The Kier molecular flexibility index (Phi) is 4.22. The molecule has 0 aliphatic heterocycles. The monoisotopic (exact) mass is 329 g/mol. The summed E-state index contributed by atoms with van der Waals surface area (Å²) in [6.07, 6.45) is 0. The first-order valence-corrected chi connectivity index (χ1v) is 6.38. The number of ether oxygens (including phenoxy) is 1. The van der Waals surface area contributed by atoms with Gasteiger partial charge in [-0.15, -0.1) is 0 Å². The van der Waals surface area contributed by atoms with E-state index in [4.69, 9.17) is 22.1 Å². The summed E-state index contributed by atoms with van der Waals surface area (Å²) in [5, 5.41) is 0.353. The van der Waals surface area contributed by atoms with E-state index in [1.54, 1.807) is 6.07 Å². The second-order valence-electron chi connectivity index (χ2n) is 3.65. The normalized spacial score (nSPS) is 10.4. The molecule has 0 unspecified atom stereocenters. The molecule has 0 spiro atoms. The first kappa shape index (κ1) is 13.3. The summed E-state index contributed by atoms with van der Waals surface area (Å²) in [6.45, 7) is 0.444. The van der Waals surface area contributed by atoms with Crippen LogP contribution < -0.4 is 10.5 Å². The van der Waals surface area contributed by atoms with E-state index in [1.165, 1.54) is 18.2 Å². The molecule has 0 aliphatic carbocycles. The lowest BCUT2D eigenvalue weighted by molar-refractivity contribution is 0.474. The molecule has 0 aliphatic rings. The van der Waals surface area contributed by atoms with Crippen LogP contribution in [0.5, 0.6) is 11.5 Å². The molecule has 0 amide bonds. The van der Waals surface area contributed by atoms with Crippen molar-refractivity contribution in [2.24, 2.45) is 5.73 Å². The molecule has 2 aromatic rings. The fraction of sp³-hybridized carbons (Fsp3) is 0.0769. The third kappa shape index (κ3) is 3.02. The van der Waals surface area contributed by atoms with Gasteiger partial charge in [-0.1, -0.05) is 17.7 Å². The zero-order chi connectivity index (χ0) is 13.1. The Bertz CT molecular complexity index is 577. The maximum atomic E-state index is 13.1. The van der Waals surface area contributed by atoms with Gasteiger partial charge in [-0.2, -0.15) is 0 Å². The van der Waals surface area contributed by atoms with Crippen molar-refractivity contribution in [2.75, 3.05) is 0 Å². The first-order chi connectivity index (χ1) is 8.60. The highest BCUT2D eigenvalue weighted by atomic mass is 79.9. The summed E-state index contributed by atoms with van der Waals surface area (Å²) in [4.78, 5) is 0. The topological polar surface area (TPSA) is 35.2 Å². The summed E-state index contributed by atoms with van der Waals surface area (Å²) in [5.74, 6) is 0.432. The Balaban J connectivity index is 2.31. The summed E-state index contributed by atoms with van der Waals surface area (Å²) in [6, 6.07) is 9.42. The Morgan fingerprint density at radius 2 is 1.94 bits per heavy atom. The van der Waals surface area contributed by atoms with Gasteiger partial charge in [0.05, 0.1) is 9.50 Å². The molecule has 2 aromatic carbocycles. The SMILES string of the molecule is NCc1ccc(Oc2cc(F)ccc2Cl)c(Br)c1. The molecular weight excluding hydrogens is 321 g/mol. The predicted molar refractivity (Wildman–Crippen MR) is 73.5 cm³/mol. The van der Waals surface area contributed by atoms with E-state index in [1.807, 2.05) is 12.1 Å². The van der Waals surface area contributed by atoms with Gasteiger partial charge in [0.25, 0.3) is 0 Å². The van der Waals surface area contributed by atoms with Crippen molar-refractivity contribution in [3.8, 4) is 11.5 Å². The summed E-state index contributed by atoms with van der Waals surface area (Å²) in [7, 11) is 0. The molecular formula is C13H10BrClFNO. The maximum Gasteiger partial charge on any atom is 0.148 e. The lowest BCUT2D eigenvalue weighted by atomic mass is 10.2. The Hall–Kier alpha value is -1.10. The third-order valence-corrected chi connectivity index (χ3v) is 3.28. The van der Waals surface area contributed by atoms with E-state index >= 15 is 0 Å². The van der Waals surface area contributed by atoms with Crippen LogP contribution in [0.4, 0.5) is 4.39 Å². The molecule has 0 heterocycles. The van der Waals surface area contributed by atoms with Gasteiger partial charge >= 0.3 is 0 Å². The number of benzene rings is 2. The van der Waals surface area contributed by atoms with Gasteiger partial charge in [0.1, 0.15) is 17.3 Å². The van der Waals surface area contributed by atoms with Gasteiger partial charge < -0.3 is 10.5 Å². The lowest BCUT2D eigenvalue weighted by Crippen LogP contribution is -1.96. The van der Waals surface area contributed by atoms with Gasteiger partial charge in [0, 0.05) is 12.6 Å². The molecule has 0 atom stereocenters. The summed E-state index contributed by atoms with van der Waals surface area (Å²) in [5.41, 5.74) is 6.50. The van der Waals surface area contributed by atoms with Crippen LogP contribution in [0.15, 0.2) is 40.9 Å². The number of nitrogens with two attached hydrogens (primary N) is 1. The second kappa shape index (κ2) is 5.69. The molecule has 2 rings (SSSR count). The van der Waals surface area contributed by atoms with Crippen molar-refractivity contribution in [3.05, 3.63) is 57.3 Å². The van der Waals surface area contributed by atoms with Crippen LogP contribution >= 0.6 is 27.5 Å². The maximum absolute atomic E-state index is 13.1. The lowest BCUT2D eigenvalue weighted by Gasteiger charge is -2.10. The fourth-order valence-electron chi connectivity index (χ4n) is 1.43. The predicted octanol–water partition coefficient (Wildman–Crippen LogP) is 4.49. The van der Waals surface area contributed by atoms with Gasteiger partial charge in [0.15, 0.2) is 0 Å². The largest absolute Gasteiger partial charge is 0.455 e. The van der Waals surface area contributed by atoms with Gasteiger partial charge in [-0.3, -0.25) is 0 Å². The molecule has 0 fully saturated rings. The minimum absolute atomic E-state index is 0.276. The van der Waals surface area contributed by atoms with E-state index in [2.05, 4.69) is 15.9 Å². The van der Waals surface area contributed by atoms with Crippen LogP contribution in [0.2, 0.25) is 5.02 Å². The summed E-state index contributed by atoms with van der Waals surface area (Å²) < 4.78 is 19.4. The molecule has 5 heteroatoms. The van der Waals surface area contributed by atoms with Crippen LogP contribution in [-0.2, 0) is 6.54 Å². The van der Waals surface area contributed by atoms with Gasteiger partial charge in [0.2, 0.25) is 0 Å². The Morgan fingerprint density at radius 1 is 1.17 bits per heavy atom. The Morgan fingerprint density at radius 3 is 2.61 bits per heavy atom. The smallest absolute Gasteiger partial charge is 0.148 e. The third-order valence-electron chi connectivity index (χ3n) is 2.35. The highest BCUT2D eigenvalue weighted by molar-refractivity contribution is 9.10. The van der Waals surface area contributed by atoms with Gasteiger partial charge in [-0.05, 0) is 45.8 Å². The minimum atomic E-state index is -0.399. The van der Waals surface area contributed by atoms with E-state index < -0.39 is 5.82 Å². The molecule has 0 bridgehead atoms. The number of hydrogen-bond acceptors (Lipinski definition) is 2. The molecule has 2 N–H and O–H groups in total. The van der Waals surface area contributed by atoms with Crippen molar-refractivity contribution in [1.29, 1.82) is 0 Å². The quantitative estimate of drug-likeness (QED) is 0.899. The minimum Gasteiger partial charge on any atom is -0.455 e. The van der Waals surface area contributed by atoms with Crippen molar-refractivity contribution in [3.63, 3.8) is 0 Å². The standard InChI is InChI=1S/C13H10BrClFNO/c14-10-5-8(7-17)1-4-12(10)18-13-6-9(16)2-3-11(13)15/h1-6H,7,17H2. The molecule has 18 heavy (non-hydrogen) atoms. The molecule has 94 valence electrons. The first-order valence-electron chi connectivity index (χ1n) is 5.21. The van der Waals surface area contributed by atoms with E-state index in [0.29, 0.717) is 17.3 Å². The van der Waals surface area contributed by atoms with Gasteiger partial charge in [-0.25, -0.2) is 4.39 Å². The molecule has 0 saturated carbocycles. The van der Waals surface area contributed by atoms with E-state index in [0.717, 1.165) is 10.0 Å². The van der Waals surface area contributed by atoms with Crippen molar-refractivity contribution in [2.45, 2.75) is 6.54 Å². The molecule has 2 nitrogen and oxygen atoms in total. The van der Waals surface area contributed by atoms with E-state index in [-0.39, 0.29) is 5.75 Å². The van der Waals surface area contributed by atoms with Crippen LogP contribution in [0.1, 0.15) is 5.56 Å². The van der Waals surface area contributed by atoms with Crippen LogP contribution in [-0.4, -0.2) is 0 Å². The van der Waals surface area contributed by atoms with Crippen molar-refractivity contribution >= 4 is 27.5 Å². The number of halogens is 3. The average molecular weight is 331 g/mol. The summed E-state index contributed by atoms with van der Waals surface area (Å²) >= 11 is 9.30. The van der Waals surface area contributed by atoms with Crippen molar-refractivity contribution < 1.29 is 9.13 Å². The van der Waals surface area contributed by atoms with Crippen molar-refractivity contribution in [1.82, 2.24) is 0 Å². The molecule has 0 saturated heterocycles. The fourth-order valence-corrected chi connectivity index (χ4v) is 2.09. The average Bonchev–Trinajstić information content (AvgIpc) is 2.36. The van der Waals surface area contributed by atoms with Crippen LogP contribution in [0.3, 0.4) is 0 Å². The zero-order valence-corrected chi connectivity index (χ0v) is 11.6. The number of hydrogen-bond donors (Lipinski definition) is 1. The highest BCUT2D eigenvalue weighted by Gasteiger charge is 2.08. The zero-order valence-electron chi connectivity index (χ0n) is 9.29. The molecule has 0 radical (unpaired) electrons. The number of rotatable bonds is 3. The second-order valence-corrected chi connectivity index (χ2v) is 4.91. The van der Waals surface area contributed by atoms with Crippen LogP contribution in [0, 0.1) is 5.82 Å². The van der Waals surface area contributed by atoms with E-state index in [9.17, 15) is 4.39 Å². The highest BCUT2D eigenvalue weighted by Crippen LogP contribution is 2.34.